The Morgan fingerprint density at radius 1 is 1.69 bits per heavy atom. The number of nitrogens with one attached hydrogen (secondary N) is 1. The van der Waals surface area contributed by atoms with Gasteiger partial charge in [-0.15, -0.1) is 17.6 Å². The molecule has 0 spiro atoms. The molecule has 0 amide bonds. The van der Waals surface area contributed by atoms with Crippen LogP contribution in [0.15, 0.2) is 29.4 Å². The summed E-state index contributed by atoms with van der Waals surface area (Å²) in [7, 11) is 0. The quantitative estimate of drug-likeness (QED) is 0.317. The minimum absolute atomic E-state index is 0.299. The Bertz CT molecular complexity index is 328. The van der Waals surface area contributed by atoms with Gasteiger partial charge in [0.2, 0.25) is 6.19 Å². The molecule has 1 aromatic rings. The van der Waals surface area contributed by atoms with Crippen molar-refractivity contribution >= 4 is 17.8 Å². The number of hydrogen-bond donors (Lipinski definition) is 2. The second-order valence-corrected chi connectivity index (χ2v) is 2.63. The van der Waals surface area contributed by atoms with Crippen molar-refractivity contribution in [2.75, 3.05) is 0 Å². The fourth-order valence-electron chi connectivity index (χ4n) is 0.759. The molecular weight excluding hydrogens is 184 g/mol. The molecule has 0 aliphatic carbocycles. The number of amidine groups is 1. The smallest absolute Gasteiger partial charge is 0.208 e. The lowest BCUT2D eigenvalue weighted by Gasteiger charge is -2.01. The van der Waals surface area contributed by atoms with E-state index in [0.717, 1.165) is 5.69 Å². The van der Waals surface area contributed by atoms with Crippen LogP contribution in [0.5, 0.6) is 0 Å². The van der Waals surface area contributed by atoms with E-state index in [9.17, 15) is 0 Å². The molecule has 0 aliphatic heterocycles. The zero-order valence-electron chi connectivity index (χ0n) is 6.81. The van der Waals surface area contributed by atoms with Gasteiger partial charge >= 0.3 is 0 Å². The SMILES string of the molecule is N#CN=C(S)NCc1ccccn1. The number of aromatic nitrogens is 1. The molecule has 0 atom stereocenters. The molecule has 66 valence electrons. The zero-order valence-corrected chi connectivity index (χ0v) is 7.70. The van der Waals surface area contributed by atoms with E-state index in [0.29, 0.717) is 11.7 Å². The Balaban J connectivity index is 2.45. The minimum Gasteiger partial charge on any atom is -0.359 e. The molecule has 0 aliphatic rings. The van der Waals surface area contributed by atoms with Crippen molar-refractivity contribution in [3.05, 3.63) is 30.1 Å². The third-order valence-corrected chi connectivity index (χ3v) is 1.57. The maximum absolute atomic E-state index is 8.19. The van der Waals surface area contributed by atoms with Crippen LogP contribution in [0.4, 0.5) is 0 Å². The lowest BCUT2D eigenvalue weighted by Crippen LogP contribution is -2.17. The summed E-state index contributed by atoms with van der Waals surface area (Å²) in [5, 5.41) is 11.3. The third-order valence-electron chi connectivity index (χ3n) is 1.31. The first-order chi connectivity index (χ1) is 6.33. The van der Waals surface area contributed by atoms with Crippen LogP contribution < -0.4 is 5.32 Å². The summed E-state index contributed by atoms with van der Waals surface area (Å²) in [6, 6.07) is 5.61. The number of nitriles is 1. The average Bonchev–Trinajstić information content (AvgIpc) is 2.17. The second kappa shape index (κ2) is 5.17. The van der Waals surface area contributed by atoms with Crippen LogP contribution in [0.25, 0.3) is 0 Å². The van der Waals surface area contributed by atoms with Gasteiger partial charge in [-0.05, 0) is 12.1 Å². The van der Waals surface area contributed by atoms with Crippen LogP contribution in [-0.4, -0.2) is 10.2 Å². The van der Waals surface area contributed by atoms with E-state index >= 15 is 0 Å². The summed E-state index contributed by atoms with van der Waals surface area (Å²) >= 11 is 3.93. The molecular formula is C8H8N4S. The lowest BCUT2D eigenvalue weighted by molar-refractivity contribution is 0.884. The van der Waals surface area contributed by atoms with Gasteiger partial charge in [0.05, 0.1) is 12.2 Å². The summed E-state index contributed by atoms with van der Waals surface area (Å²) in [4.78, 5) is 7.46. The van der Waals surface area contributed by atoms with Crippen molar-refractivity contribution in [2.24, 2.45) is 4.99 Å². The highest BCUT2D eigenvalue weighted by molar-refractivity contribution is 7.96. The first-order valence-corrected chi connectivity index (χ1v) is 4.07. The van der Waals surface area contributed by atoms with Crippen LogP contribution in [0, 0.1) is 11.5 Å². The van der Waals surface area contributed by atoms with Crippen molar-refractivity contribution in [3.8, 4) is 6.19 Å². The monoisotopic (exact) mass is 192 g/mol. The summed E-state index contributed by atoms with van der Waals surface area (Å²) < 4.78 is 0. The molecule has 5 heteroatoms. The van der Waals surface area contributed by atoms with Gasteiger partial charge < -0.3 is 5.32 Å². The first kappa shape index (κ1) is 9.55. The van der Waals surface area contributed by atoms with Crippen LogP contribution in [0.2, 0.25) is 0 Å². The predicted molar refractivity (Wildman–Crippen MR) is 53.1 cm³/mol. The van der Waals surface area contributed by atoms with Crippen molar-refractivity contribution in [2.45, 2.75) is 6.54 Å². The van der Waals surface area contributed by atoms with Gasteiger partial charge in [-0.1, -0.05) is 6.07 Å². The van der Waals surface area contributed by atoms with Gasteiger partial charge in [-0.25, -0.2) is 0 Å². The molecule has 0 aromatic carbocycles. The van der Waals surface area contributed by atoms with E-state index in [1.54, 1.807) is 12.4 Å². The van der Waals surface area contributed by atoms with Gasteiger partial charge in [0.15, 0.2) is 5.17 Å². The highest BCUT2D eigenvalue weighted by Gasteiger charge is 1.93. The van der Waals surface area contributed by atoms with Gasteiger partial charge in [0.1, 0.15) is 0 Å². The maximum Gasteiger partial charge on any atom is 0.208 e. The first-order valence-electron chi connectivity index (χ1n) is 3.62. The molecule has 0 unspecified atom stereocenters. The maximum atomic E-state index is 8.19. The average molecular weight is 192 g/mol. The fourth-order valence-corrected chi connectivity index (χ4v) is 0.883. The molecule has 1 N–H and O–H groups in total. The number of nitrogens with zero attached hydrogens (tertiary/aromatic N) is 3. The fraction of sp³-hybridized carbons (Fsp3) is 0.125. The minimum atomic E-state index is 0.299. The second-order valence-electron chi connectivity index (χ2n) is 2.21. The Kier molecular flexibility index (Phi) is 3.79. The number of hydrogen-bond acceptors (Lipinski definition) is 3. The highest BCUT2D eigenvalue weighted by Crippen LogP contribution is 1.92. The summed E-state index contributed by atoms with van der Waals surface area (Å²) in [6.07, 6.45) is 3.34. The Morgan fingerprint density at radius 3 is 3.15 bits per heavy atom. The molecule has 0 saturated carbocycles. The molecule has 4 nitrogen and oxygen atoms in total. The predicted octanol–water partition coefficient (Wildman–Crippen LogP) is 0.938. The van der Waals surface area contributed by atoms with Gasteiger partial charge in [0, 0.05) is 6.20 Å². The standard InChI is InChI=1S/C8H8N4S/c9-6-12-8(13)11-5-7-3-1-2-4-10-7/h1-4H,5H2,(H2,11,12,13). The van der Waals surface area contributed by atoms with E-state index in [-0.39, 0.29) is 0 Å². The number of thiol groups is 1. The topological polar surface area (TPSA) is 61.1 Å². The zero-order chi connectivity index (χ0) is 9.52. The molecule has 0 radical (unpaired) electrons. The molecule has 0 fully saturated rings. The molecule has 1 aromatic heterocycles. The lowest BCUT2D eigenvalue weighted by atomic mass is 10.3. The largest absolute Gasteiger partial charge is 0.359 e. The van der Waals surface area contributed by atoms with Gasteiger partial charge in [-0.2, -0.15) is 5.26 Å². The van der Waals surface area contributed by atoms with Crippen LogP contribution in [-0.2, 0) is 6.54 Å². The molecule has 1 rings (SSSR count). The third kappa shape index (κ3) is 3.58. The van der Waals surface area contributed by atoms with E-state index < -0.39 is 0 Å². The molecule has 0 saturated heterocycles. The van der Waals surface area contributed by atoms with Crippen molar-refractivity contribution < 1.29 is 0 Å². The van der Waals surface area contributed by atoms with Gasteiger partial charge in [-0.3, -0.25) is 4.98 Å². The van der Waals surface area contributed by atoms with Crippen LogP contribution in [0.3, 0.4) is 0 Å². The van der Waals surface area contributed by atoms with Crippen molar-refractivity contribution in [1.29, 1.82) is 5.26 Å². The molecule has 0 bridgehead atoms. The summed E-state index contributed by atoms with van der Waals surface area (Å²) in [5.41, 5.74) is 0.877. The number of rotatable bonds is 2. The van der Waals surface area contributed by atoms with E-state index in [2.05, 4.69) is 27.9 Å². The molecule has 1 heterocycles. The Labute approximate surface area is 81.7 Å². The van der Waals surface area contributed by atoms with E-state index in [1.807, 2.05) is 18.2 Å². The highest BCUT2D eigenvalue weighted by atomic mass is 32.1. The van der Waals surface area contributed by atoms with E-state index in [4.69, 9.17) is 5.26 Å². The van der Waals surface area contributed by atoms with Crippen molar-refractivity contribution in [1.82, 2.24) is 10.3 Å². The van der Waals surface area contributed by atoms with Crippen molar-refractivity contribution in [3.63, 3.8) is 0 Å². The summed E-state index contributed by atoms with van der Waals surface area (Å²) in [6.45, 7) is 0.519. The Morgan fingerprint density at radius 2 is 2.54 bits per heavy atom. The van der Waals surface area contributed by atoms with Crippen LogP contribution in [0.1, 0.15) is 5.69 Å². The van der Waals surface area contributed by atoms with E-state index in [1.165, 1.54) is 0 Å². The molecule has 13 heavy (non-hydrogen) atoms. The van der Waals surface area contributed by atoms with Gasteiger partial charge in [0.25, 0.3) is 0 Å². The van der Waals surface area contributed by atoms with Crippen LogP contribution >= 0.6 is 12.6 Å². The Hall–Kier alpha value is -1.54. The number of pyridine rings is 1. The normalized spacial score (nSPS) is 10.6. The number of aliphatic imine (C=N–C) groups is 1. The summed E-state index contributed by atoms with van der Waals surface area (Å²) in [5.74, 6) is 0.